The number of nitrogens with two attached hydrogens (primary N) is 1. The lowest BCUT2D eigenvalue weighted by molar-refractivity contribution is 0.817. The van der Waals surface area contributed by atoms with E-state index < -0.39 is 3.79 Å². The highest BCUT2D eigenvalue weighted by Crippen LogP contribution is 2.38. The number of benzene rings is 1. The maximum atomic E-state index is 5.69. The van der Waals surface area contributed by atoms with Crippen LogP contribution in [0.5, 0.6) is 0 Å². The minimum absolute atomic E-state index is 0.00410. The van der Waals surface area contributed by atoms with Crippen LogP contribution in [0, 0.1) is 0 Å². The lowest BCUT2D eigenvalue weighted by atomic mass is 10.1. The van der Waals surface area contributed by atoms with Gasteiger partial charge in [-0.25, -0.2) is 0 Å². The van der Waals surface area contributed by atoms with E-state index in [0.29, 0.717) is 5.56 Å². The van der Waals surface area contributed by atoms with Gasteiger partial charge in [0.15, 0.2) is 0 Å². The highest BCUT2D eigenvalue weighted by atomic mass is 35.6. The van der Waals surface area contributed by atoms with Gasteiger partial charge in [-0.3, -0.25) is 0 Å². The van der Waals surface area contributed by atoms with E-state index >= 15 is 0 Å². The van der Waals surface area contributed by atoms with Crippen molar-refractivity contribution in [3.05, 3.63) is 35.4 Å². The van der Waals surface area contributed by atoms with Crippen LogP contribution in [0.25, 0.3) is 0 Å². The Morgan fingerprint density at radius 1 is 1.15 bits per heavy atom. The summed E-state index contributed by atoms with van der Waals surface area (Å²) in [6.07, 6.45) is 0. The molecular weight excluding hydrogens is 228 g/mol. The molecule has 0 spiro atoms. The topological polar surface area (TPSA) is 26.0 Å². The molecule has 2 N–H and O–H groups in total. The molecule has 1 nitrogen and oxygen atoms in total. The monoisotopic (exact) mass is 237 g/mol. The van der Waals surface area contributed by atoms with Crippen LogP contribution in [-0.4, -0.2) is 0 Å². The third-order valence-corrected chi connectivity index (χ3v) is 2.42. The third-order valence-electron chi connectivity index (χ3n) is 1.76. The summed E-state index contributed by atoms with van der Waals surface area (Å²) in [5, 5.41) is 0. The average molecular weight is 239 g/mol. The van der Waals surface area contributed by atoms with Crippen molar-refractivity contribution in [2.45, 2.75) is 16.8 Å². The van der Waals surface area contributed by atoms with Crippen LogP contribution in [-0.2, 0) is 3.79 Å². The van der Waals surface area contributed by atoms with Crippen molar-refractivity contribution in [2.24, 2.45) is 5.73 Å². The first-order valence-electron chi connectivity index (χ1n) is 3.84. The standard InChI is InChI=1S/C9H10Cl3N/c1-6(13)7-2-4-8(5-3-7)9(10,11)12/h2-6H,13H2,1H3. The van der Waals surface area contributed by atoms with Gasteiger partial charge < -0.3 is 5.73 Å². The van der Waals surface area contributed by atoms with Gasteiger partial charge in [0.25, 0.3) is 0 Å². The van der Waals surface area contributed by atoms with E-state index in [0.717, 1.165) is 5.56 Å². The molecule has 0 saturated carbocycles. The SMILES string of the molecule is CC(N)c1ccc(C(Cl)(Cl)Cl)cc1. The molecule has 0 fully saturated rings. The first-order chi connectivity index (χ1) is 5.91. The number of alkyl halides is 3. The minimum Gasteiger partial charge on any atom is -0.324 e. The zero-order valence-corrected chi connectivity index (χ0v) is 9.37. The molecule has 1 unspecified atom stereocenters. The highest BCUT2D eigenvalue weighted by molar-refractivity contribution is 6.66. The van der Waals surface area contributed by atoms with E-state index in [9.17, 15) is 0 Å². The summed E-state index contributed by atoms with van der Waals surface area (Å²) in [6, 6.07) is 7.27. The normalized spacial score (nSPS) is 14.2. The molecule has 1 atom stereocenters. The molecule has 1 aromatic rings. The van der Waals surface area contributed by atoms with Gasteiger partial charge in [-0.2, -0.15) is 0 Å². The summed E-state index contributed by atoms with van der Waals surface area (Å²) in [5.41, 5.74) is 7.35. The van der Waals surface area contributed by atoms with Crippen LogP contribution in [0.1, 0.15) is 24.1 Å². The molecule has 0 radical (unpaired) electrons. The van der Waals surface area contributed by atoms with Gasteiger partial charge in [0.2, 0.25) is 3.79 Å². The second-order valence-electron chi connectivity index (χ2n) is 2.91. The summed E-state index contributed by atoms with van der Waals surface area (Å²) in [6.45, 7) is 1.91. The lowest BCUT2D eigenvalue weighted by Crippen LogP contribution is -2.06. The van der Waals surface area contributed by atoms with Crippen LogP contribution >= 0.6 is 34.8 Å². The van der Waals surface area contributed by atoms with E-state index in [2.05, 4.69) is 0 Å². The Kier molecular flexibility index (Phi) is 3.47. The Labute approximate surface area is 92.8 Å². The van der Waals surface area contributed by atoms with E-state index in [1.54, 1.807) is 12.1 Å². The maximum absolute atomic E-state index is 5.69. The van der Waals surface area contributed by atoms with Crippen molar-refractivity contribution in [3.8, 4) is 0 Å². The maximum Gasteiger partial charge on any atom is 0.216 e. The number of halogens is 3. The quantitative estimate of drug-likeness (QED) is 0.744. The van der Waals surface area contributed by atoms with Crippen molar-refractivity contribution in [1.82, 2.24) is 0 Å². The largest absolute Gasteiger partial charge is 0.324 e. The van der Waals surface area contributed by atoms with Gasteiger partial charge in [-0.1, -0.05) is 59.1 Å². The van der Waals surface area contributed by atoms with Gasteiger partial charge >= 0.3 is 0 Å². The predicted octanol–water partition coefficient (Wildman–Crippen LogP) is 3.53. The van der Waals surface area contributed by atoms with Crippen molar-refractivity contribution < 1.29 is 0 Å². The molecule has 0 aliphatic rings. The zero-order chi connectivity index (χ0) is 10.1. The molecule has 13 heavy (non-hydrogen) atoms. The lowest BCUT2D eigenvalue weighted by Gasteiger charge is -2.12. The van der Waals surface area contributed by atoms with Gasteiger partial charge in [0.1, 0.15) is 0 Å². The van der Waals surface area contributed by atoms with E-state index in [1.807, 2.05) is 19.1 Å². The second kappa shape index (κ2) is 4.05. The summed E-state index contributed by atoms with van der Waals surface area (Å²) in [5.74, 6) is 0. The Balaban J connectivity index is 2.94. The molecule has 0 bridgehead atoms. The molecule has 0 aliphatic heterocycles. The molecular formula is C9H10Cl3N. The Bertz CT molecular complexity index is 274. The number of hydrogen-bond donors (Lipinski definition) is 1. The van der Waals surface area contributed by atoms with Crippen LogP contribution < -0.4 is 5.73 Å². The van der Waals surface area contributed by atoms with E-state index in [-0.39, 0.29) is 6.04 Å². The molecule has 4 heteroatoms. The molecule has 0 aromatic heterocycles. The van der Waals surface area contributed by atoms with Crippen LogP contribution in [0.2, 0.25) is 0 Å². The third kappa shape index (κ3) is 3.03. The van der Waals surface area contributed by atoms with Crippen LogP contribution in [0.15, 0.2) is 24.3 Å². The first kappa shape index (κ1) is 11.1. The van der Waals surface area contributed by atoms with Gasteiger partial charge in [-0.15, -0.1) is 0 Å². The fourth-order valence-corrected chi connectivity index (χ4v) is 1.35. The van der Waals surface area contributed by atoms with E-state index in [1.165, 1.54) is 0 Å². The number of rotatable bonds is 1. The van der Waals surface area contributed by atoms with Crippen molar-refractivity contribution >= 4 is 34.8 Å². The average Bonchev–Trinajstić information content (AvgIpc) is 2.03. The predicted molar refractivity (Wildman–Crippen MR) is 58.3 cm³/mol. The summed E-state index contributed by atoms with van der Waals surface area (Å²) in [7, 11) is 0. The number of hydrogen-bond acceptors (Lipinski definition) is 1. The minimum atomic E-state index is -1.35. The first-order valence-corrected chi connectivity index (χ1v) is 4.97. The summed E-state index contributed by atoms with van der Waals surface area (Å²) < 4.78 is -1.35. The molecule has 0 amide bonds. The Hall–Kier alpha value is 0.0500. The zero-order valence-electron chi connectivity index (χ0n) is 7.10. The van der Waals surface area contributed by atoms with Crippen molar-refractivity contribution in [2.75, 3.05) is 0 Å². The fraction of sp³-hybridized carbons (Fsp3) is 0.333. The molecule has 0 saturated heterocycles. The van der Waals surface area contributed by atoms with Crippen molar-refractivity contribution in [3.63, 3.8) is 0 Å². The summed E-state index contributed by atoms with van der Waals surface area (Å²) in [4.78, 5) is 0. The highest BCUT2D eigenvalue weighted by Gasteiger charge is 2.22. The van der Waals surface area contributed by atoms with E-state index in [4.69, 9.17) is 40.5 Å². The summed E-state index contributed by atoms with van der Waals surface area (Å²) >= 11 is 17.1. The van der Waals surface area contributed by atoms with Crippen LogP contribution in [0.3, 0.4) is 0 Å². The fourth-order valence-electron chi connectivity index (χ4n) is 0.976. The molecule has 0 aliphatic carbocycles. The molecule has 0 heterocycles. The van der Waals surface area contributed by atoms with Gasteiger partial charge in [0.05, 0.1) is 0 Å². The van der Waals surface area contributed by atoms with Crippen molar-refractivity contribution in [1.29, 1.82) is 0 Å². The molecule has 1 rings (SSSR count). The molecule has 1 aromatic carbocycles. The Morgan fingerprint density at radius 2 is 1.62 bits per heavy atom. The van der Waals surface area contributed by atoms with Gasteiger partial charge in [0, 0.05) is 11.6 Å². The molecule has 72 valence electrons. The smallest absolute Gasteiger partial charge is 0.216 e. The van der Waals surface area contributed by atoms with Gasteiger partial charge in [-0.05, 0) is 12.5 Å². The second-order valence-corrected chi connectivity index (χ2v) is 5.19. The van der Waals surface area contributed by atoms with Crippen LogP contribution in [0.4, 0.5) is 0 Å². The Morgan fingerprint density at radius 3 is 1.92 bits per heavy atom.